The van der Waals surface area contributed by atoms with Crippen LogP contribution in [0.15, 0.2) is 42.5 Å². The summed E-state index contributed by atoms with van der Waals surface area (Å²) in [6.07, 6.45) is -2.18. The van der Waals surface area contributed by atoms with Gasteiger partial charge in [-0.25, -0.2) is 0 Å². The molecule has 1 saturated heterocycles. The van der Waals surface area contributed by atoms with Gasteiger partial charge in [-0.2, -0.15) is 13.2 Å². The van der Waals surface area contributed by atoms with Gasteiger partial charge in [0.25, 0.3) is 0 Å². The highest BCUT2D eigenvalue weighted by molar-refractivity contribution is 5.73. The summed E-state index contributed by atoms with van der Waals surface area (Å²) in [5.41, 5.74) is 3.34. The van der Waals surface area contributed by atoms with E-state index < -0.39 is 11.7 Å². The van der Waals surface area contributed by atoms with Crippen LogP contribution in [0.2, 0.25) is 0 Å². The Labute approximate surface area is 139 Å². The summed E-state index contributed by atoms with van der Waals surface area (Å²) < 4.78 is 38.9. The van der Waals surface area contributed by atoms with Crippen LogP contribution in [0.25, 0.3) is 11.1 Å². The SMILES string of the molecule is FC(F)(F)c1cccc(-c2ccc3c(c2)N2CCNCCC2C3)c1. The fourth-order valence-electron chi connectivity index (χ4n) is 3.77. The Hall–Kier alpha value is -2.01. The molecule has 0 spiro atoms. The Morgan fingerprint density at radius 2 is 1.83 bits per heavy atom. The second kappa shape index (κ2) is 5.81. The Kier molecular flexibility index (Phi) is 3.76. The number of halogens is 3. The smallest absolute Gasteiger partial charge is 0.367 e. The monoisotopic (exact) mass is 332 g/mol. The summed E-state index contributed by atoms with van der Waals surface area (Å²) in [4.78, 5) is 2.41. The standard InChI is InChI=1S/C19H19F3N2/c20-19(21,22)16-3-1-2-13(10-16)14-4-5-15-11-17-6-7-23-8-9-24(17)18(15)12-14/h1-5,10,12,17,23H,6-9,11H2. The van der Waals surface area contributed by atoms with Crippen molar-refractivity contribution in [2.45, 2.75) is 25.1 Å². The predicted octanol–water partition coefficient (Wildman–Crippen LogP) is 4.10. The predicted molar refractivity (Wildman–Crippen MR) is 89.2 cm³/mol. The quantitative estimate of drug-likeness (QED) is 0.846. The molecule has 1 atom stereocenters. The number of nitrogens with one attached hydrogen (secondary N) is 1. The van der Waals surface area contributed by atoms with E-state index in [0.717, 1.165) is 44.1 Å². The van der Waals surface area contributed by atoms with E-state index in [2.05, 4.69) is 22.3 Å². The molecule has 0 aliphatic carbocycles. The molecular weight excluding hydrogens is 313 g/mol. The molecule has 2 aliphatic heterocycles. The van der Waals surface area contributed by atoms with Crippen LogP contribution < -0.4 is 10.2 Å². The lowest BCUT2D eigenvalue weighted by molar-refractivity contribution is -0.137. The van der Waals surface area contributed by atoms with Crippen LogP contribution >= 0.6 is 0 Å². The Bertz CT molecular complexity index is 755. The zero-order valence-corrected chi connectivity index (χ0v) is 13.2. The first-order chi connectivity index (χ1) is 11.5. The molecule has 0 saturated carbocycles. The topological polar surface area (TPSA) is 15.3 Å². The fraction of sp³-hybridized carbons (Fsp3) is 0.368. The van der Waals surface area contributed by atoms with E-state index in [9.17, 15) is 13.2 Å². The van der Waals surface area contributed by atoms with E-state index in [1.165, 1.54) is 23.4 Å². The zero-order valence-electron chi connectivity index (χ0n) is 13.2. The van der Waals surface area contributed by atoms with Gasteiger partial charge in [-0.05, 0) is 54.3 Å². The average molecular weight is 332 g/mol. The van der Waals surface area contributed by atoms with Gasteiger partial charge >= 0.3 is 6.18 Å². The Morgan fingerprint density at radius 1 is 1.00 bits per heavy atom. The van der Waals surface area contributed by atoms with Gasteiger partial charge in [-0.15, -0.1) is 0 Å². The van der Waals surface area contributed by atoms with E-state index in [-0.39, 0.29) is 0 Å². The molecule has 1 fully saturated rings. The molecule has 24 heavy (non-hydrogen) atoms. The first-order valence-electron chi connectivity index (χ1n) is 8.30. The first kappa shape index (κ1) is 15.5. The third-order valence-corrected chi connectivity index (χ3v) is 5.00. The van der Waals surface area contributed by atoms with E-state index in [1.54, 1.807) is 6.07 Å². The molecule has 2 nitrogen and oxygen atoms in total. The van der Waals surface area contributed by atoms with Crippen molar-refractivity contribution in [1.29, 1.82) is 0 Å². The van der Waals surface area contributed by atoms with Crippen LogP contribution in [0.1, 0.15) is 17.5 Å². The lowest BCUT2D eigenvalue weighted by Gasteiger charge is -2.25. The highest BCUT2D eigenvalue weighted by Gasteiger charge is 2.32. The number of alkyl halides is 3. The maximum Gasteiger partial charge on any atom is 0.416 e. The normalized spacial score (nSPS) is 20.5. The number of rotatable bonds is 1. The van der Waals surface area contributed by atoms with Crippen molar-refractivity contribution in [2.24, 2.45) is 0 Å². The molecule has 0 amide bonds. The van der Waals surface area contributed by atoms with Crippen molar-refractivity contribution >= 4 is 5.69 Å². The molecule has 0 bridgehead atoms. The molecule has 0 aromatic heterocycles. The second-order valence-electron chi connectivity index (χ2n) is 6.51. The first-order valence-corrected chi connectivity index (χ1v) is 8.30. The largest absolute Gasteiger partial charge is 0.416 e. The van der Waals surface area contributed by atoms with Gasteiger partial charge in [0, 0.05) is 24.8 Å². The van der Waals surface area contributed by atoms with Crippen molar-refractivity contribution in [3.8, 4) is 11.1 Å². The van der Waals surface area contributed by atoms with Crippen LogP contribution in [-0.2, 0) is 12.6 Å². The number of benzene rings is 2. The molecule has 2 aromatic rings. The summed E-state index contributed by atoms with van der Waals surface area (Å²) in [6, 6.07) is 12.2. The highest BCUT2D eigenvalue weighted by Crippen LogP contribution is 2.38. The van der Waals surface area contributed by atoms with Crippen LogP contribution in [0.5, 0.6) is 0 Å². The molecule has 2 heterocycles. The lowest BCUT2D eigenvalue weighted by Crippen LogP contribution is -2.32. The van der Waals surface area contributed by atoms with Crippen molar-refractivity contribution in [1.82, 2.24) is 5.32 Å². The van der Waals surface area contributed by atoms with Gasteiger partial charge in [0.1, 0.15) is 0 Å². The number of nitrogens with zero attached hydrogens (tertiary/aromatic N) is 1. The third kappa shape index (κ3) is 2.77. The van der Waals surface area contributed by atoms with Gasteiger partial charge in [-0.1, -0.05) is 24.3 Å². The van der Waals surface area contributed by atoms with Crippen LogP contribution in [0, 0.1) is 0 Å². The van der Waals surface area contributed by atoms with Crippen LogP contribution in [-0.4, -0.2) is 25.7 Å². The maximum absolute atomic E-state index is 13.0. The maximum atomic E-state index is 13.0. The lowest BCUT2D eigenvalue weighted by atomic mass is 10.00. The average Bonchev–Trinajstić information content (AvgIpc) is 2.74. The van der Waals surface area contributed by atoms with Crippen molar-refractivity contribution in [3.05, 3.63) is 53.6 Å². The zero-order chi connectivity index (χ0) is 16.7. The van der Waals surface area contributed by atoms with Gasteiger partial charge in [0.2, 0.25) is 0 Å². The van der Waals surface area contributed by atoms with Crippen molar-refractivity contribution < 1.29 is 13.2 Å². The van der Waals surface area contributed by atoms with E-state index in [0.29, 0.717) is 11.6 Å². The van der Waals surface area contributed by atoms with Gasteiger partial charge < -0.3 is 10.2 Å². The van der Waals surface area contributed by atoms with Crippen LogP contribution in [0.3, 0.4) is 0 Å². The summed E-state index contributed by atoms with van der Waals surface area (Å²) in [6.45, 7) is 2.92. The highest BCUT2D eigenvalue weighted by atomic mass is 19.4. The minimum Gasteiger partial charge on any atom is -0.367 e. The Morgan fingerprint density at radius 3 is 2.67 bits per heavy atom. The molecule has 1 unspecified atom stereocenters. The number of hydrogen-bond donors (Lipinski definition) is 1. The summed E-state index contributed by atoms with van der Waals surface area (Å²) in [5, 5.41) is 3.41. The van der Waals surface area contributed by atoms with Gasteiger partial charge in [0.15, 0.2) is 0 Å². The minimum atomic E-state index is -4.31. The Balaban J connectivity index is 1.71. The number of hydrogen-bond acceptors (Lipinski definition) is 2. The molecule has 0 radical (unpaired) electrons. The molecule has 126 valence electrons. The second-order valence-corrected chi connectivity index (χ2v) is 6.51. The molecule has 2 aliphatic rings. The fourth-order valence-corrected chi connectivity index (χ4v) is 3.77. The van der Waals surface area contributed by atoms with E-state index in [1.807, 2.05) is 6.07 Å². The van der Waals surface area contributed by atoms with E-state index >= 15 is 0 Å². The number of fused-ring (bicyclic) bond motifs is 3. The van der Waals surface area contributed by atoms with Gasteiger partial charge in [-0.3, -0.25) is 0 Å². The summed E-state index contributed by atoms with van der Waals surface area (Å²) in [5.74, 6) is 0. The molecule has 4 rings (SSSR count). The van der Waals surface area contributed by atoms with E-state index in [4.69, 9.17) is 0 Å². The third-order valence-electron chi connectivity index (χ3n) is 5.00. The minimum absolute atomic E-state index is 0.506. The molecular formula is C19H19F3N2. The van der Waals surface area contributed by atoms with Crippen molar-refractivity contribution in [3.63, 3.8) is 0 Å². The number of anilines is 1. The summed E-state index contributed by atoms with van der Waals surface area (Å²) >= 11 is 0. The summed E-state index contributed by atoms with van der Waals surface area (Å²) in [7, 11) is 0. The van der Waals surface area contributed by atoms with Crippen molar-refractivity contribution in [2.75, 3.05) is 24.5 Å². The molecule has 5 heteroatoms. The van der Waals surface area contributed by atoms with Gasteiger partial charge in [0.05, 0.1) is 5.56 Å². The molecule has 2 aromatic carbocycles. The van der Waals surface area contributed by atoms with Crippen LogP contribution in [0.4, 0.5) is 18.9 Å². The molecule has 1 N–H and O–H groups in total.